The molecule has 0 spiro atoms. The molecule has 0 atom stereocenters. The van der Waals surface area contributed by atoms with E-state index in [1.165, 1.54) is 29.6 Å². The zero-order valence-electron chi connectivity index (χ0n) is 8.08. The monoisotopic (exact) mass is 227 g/mol. The molecule has 0 amide bonds. The fourth-order valence-corrected chi connectivity index (χ4v) is 2.97. The first-order valence-electron chi connectivity index (χ1n) is 4.38. The molecule has 0 saturated carbocycles. The summed E-state index contributed by atoms with van der Waals surface area (Å²) in [4.78, 5) is 0.245. The van der Waals surface area contributed by atoms with Gasteiger partial charge in [0.15, 0.2) is 0 Å². The van der Waals surface area contributed by atoms with Crippen molar-refractivity contribution in [2.45, 2.75) is 11.4 Å². The van der Waals surface area contributed by atoms with Gasteiger partial charge >= 0.3 is 7.12 Å². The van der Waals surface area contributed by atoms with Crippen molar-refractivity contribution in [2.24, 2.45) is 0 Å². The smallest absolute Gasteiger partial charge is 0.423 e. The van der Waals surface area contributed by atoms with Crippen LogP contribution in [-0.2, 0) is 16.6 Å². The summed E-state index contributed by atoms with van der Waals surface area (Å²) in [5, 5.41) is 17.9. The highest BCUT2D eigenvalue weighted by Gasteiger charge is 2.32. The Balaban J connectivity index is 2.57. The predicted molar refractivity (Wildman–Crippen MR) is 54.9 cm³/mol. The lowest BCUT2D eigenvalue weighted by molar-refractivity contribution is 0.425. The number of nitrogens with zero attached hydrogens (tertiary/aromatic N) is 1. The molecule has 15 heavy (non-hydrogen) atoms. The maximum absolute atomic E-state index is 11.7. The van der Waals surface area contributed by atoms with Crippen molar-refractivity contribution in [1.82, 2.24) is 4.31 Å². The number of hydrogen-bond acceptors (Lipinski definition) is 4. The first-order valence-corrected chi connectivity index (χ1v) is 5.82. The minimum absolute atomic E-state index is 0.245. The third-order valence-electron chi connectivity index (χ3n) is 2.46. The zero-order valence-corrected chi connectivity index (χ0v) is 8.90. The molecule has 80 valence electrons. The summed E-state index contributed by atoms with van der Waals surface area (Å²) in [5.74, 6) is 0. The van der Waals surface area contributed by atoms with Crippen molar-refractivity contribution in [3.05, 3.63) is 23.8 Å². The van der Waals surface area contributed by atoms with Gasteiger partial charge in [0.05, 0.1) is 4.90 Å². The van der Waals surface area contributed by atoms with Crippen molar-refractivity contribution in [2.75, 3.05) is 7.05 Å². The molecule has 5 nitrogen and oxygen atoms in total. The number of benzene rings is 1. The molecule has 1 aromatic carbocycles. The van der Waals surface area contributed by atoms with E-state index >= 15 is 0 Å². The molecule has 0 saturated heterocycles. The van der Waals surface area contributed by atoms with Crippen LogP contribution in [-0.4, -0.2) is 36.9 Å². The van der Waals surface area contributed by atoms with E-state index in [4.69, 9.17) is 10.0 Å². The highest BCUT2D eigenvalue weighted by atomic mass is 32.2. The molecule has 1 heterocycles. The molecule has 0 unspecified atom stereocenters. The molecule has 1 aliphatic rings. The van der Waals surface area contributed by atoms with Crippen LogP contribution in [0, 0.1) is 0 Å². The Bertz CT molecular complexity index is 499. The highest BCUT2D eigenvalue weighted by molar-refractivity contribution is 7.89. The van der Waals surface area contributed by atoms with E-state index in [1.807, 2.05) is 0 Å². The molecular formula is C8H10BNO4S. The molecule has 2 N–H and O–H groups in total. The molecule has 0 fully saturated rings. The van der Waals surface area contributed by atoms with E-state index < -0.39 is 17.1 Å². The van der Waals surface area contributed by atoms with Crippen LogP contribution in [0.5, 0.6) is 0 Å². The lowest BCUT2D eigenvalue weighted by Crippen LogP contribution is -2.30. The summed E-state index contributed by atoms with van der Waals surface area (Å²) < 4.78 is 24.6. The van der Waals surface area contributed by atoms with Gasteiger partial charge in [-0.05, 0) is 17.1 Å². The predicted octanol–water partition coefficient (Wildman–Crippen LogP) is -1.50. The van der Waals surface area contributed by atoms with Crippen LogP contribution >= 0.6 is 0 Å². The van der Waals surface area contributed by atoms with Crippen molar-refractivity contribution >= 4 is 22.6 Å². The highest BCUT2D eigenvalue weighted by Crippen LogP contribution is 2.27. The first-order chi connectivity index (χ1) is 6.93. The molecule has 0 aliphatic carbocycles. The minimum Gasteiger partial charge on any atom is -0.423 e. The van der Waals surface area contributed by atoms with Crippen LogP contribution in [0.2, 0.25) is 0 Å². The van der Waals surface area contributed by atoms with Crippen LogP contribution < -0.4 is 5.46 Å². The molecule has 1 aliphatic heterocycles. The van der Waals surface area contributed by atoms with Gasteiger partial charge in [-0.15, -0.1) is 0 Å². The van der Waals surface area contributed by atoms with E-state index in [0.717, 1.165) is 0 Å². The average Bonchev–Trinajstić information content (AvgIpc) is 2.38. The summed E-state index contributed by atoms with van der Waals surface area (Å²) in [5.41, 5.74) is 0.905. The zero-order chi connectivity index (χ0) is 11.2. The summed E-state index contributed by atoms with van der Waals surface area (Å²) >= 11 is 0. The Labute approximate surface area is 88.2 Å². The molecule has 0 radical (unpaired) electrons. The van der Waals surface area contributed by atoms with E-state index in [1.54, 1.807) is 0 Å². The van der Waals surface area contributed by atoms with E-state index in [0.29, 0.717) is 11.0 Å². The molecule has 2 rings (SSSR count). The van der Waals surface area contributed by atoms with Crippen LogP contribution in [0.3, 0.4) is 0 Å². The summed E-state index contributed by atoms with van der Waals surface area (Å²) in [7, 11) is -3.43. The van der Waals surface area contributed by atoms with Gasteiger partial charge in [-0.25, -0.2) is 8.42 Å². The van der Waals surface area contributed by atoms with Gasteiger partial charge in [0.2, 0.25) is 10.0 Å². The third-order valence-corrected chi connectivity index (χ3v) is 4.37. The number of sulfonamides is 1. The van der Waals surface area contributed by atoms with Crippen molar-refractivity contribution in [3.8, 4) is 0 Å². The van der Waals surface area contributed by atoms with Gasteiger partial charge in [0, 0.05) is 13.6 Å². The van der Waals surface area contributed by atoms with Gasteiger partial charge in [0.1, 0.15) is 0 Å². The lowest BCUT2D eigenvalue weighted by Gasteiger charge is -2.04. The average molecular weight is 227 g/mol. The molecule has 0 aromatic heterocycles. The molecule has 0 bridgehead atoms. The van der Waals surface area contributed by atoms with Crippen molar-refractivity contribution in [1.29, 1.82) is 0 Å². The number of hydrogen-bond donors (Lipinski definition) is 2. The van der Waals surface area contributed by atoms with Gasteiger partial charge in [0.25, 0.3) is 0 Å². The Morgan fingerprint density at radius 3 is 2.67 bits per heavy atom. The first kappa shape index (κ1) is 10.6. The summed E-state index contributed by atoms with van der Waals surface area (Å²) in [6.45, 7) is 0.276. The summed E-state index contributed by atoms with van der Waals surface area (Å²) in [6, 6.07) is 4.31. The second-order valence-corrected chi connectivity index (χ2v) is 5.52. The number of rotatable bonds is 1. The van der Waals surface area contributed by atoms with E-state index in [2.05, 4.69) is 0 Å². The number of fused-ring (bicyclic) bond motifs is 1. The van der Waals surface area contributed by atoms with Gasteiger partial charge in [-0.2, -0.15) is 4.31 Å². The topological polar surface area (TPSA) is 77.8 Å². The van der Waals surface area contributed by atoms with Crippen LogP contribution in [0.15, 0.2) is 23.1 Å². The Morgan fingerprint density at radius 2 is 2.07 bits per heavy atom. The fourth-order valence-electron chi connectivity index (χ4n) is 1.63. The quantitative estimate of drug-likeness (QED) is 0.572. The maximum Gasteiger partial charge on any atom is 0.488 e. The Kier molecular flexibility index (Phi) is 2.35. The van der Waals surface area contributed by atoms with Crippen LogP contribution in [0.1, 0.15) is 5.56 Å². The van der Waals surface area contributed by atoms with Gasteiger partial charge in [-0.3, -0.25) is 0 Å². The molecule has 7 heteroatoms. The van der Waals surface area contributed by atoms with Gasteiger partial charge < -0.3 is 10.0 Å². The van der Waals surface area contributed by atoms with E-state index in [-0.39, 0.29) is 11.4 Å². The second kappa shape index (κ2) is 3.31. The Morgan fingerprint density at radius 1 is 1.40 bits per heavy atom. The second-order valence-electron chi connectivity index (χ2n) is 3.50. The largest absolute Gasteiger partial charge is 0.488 e. The molecular weight excluding hydrogens is 217 g/mol. The molecule has 1 aromatic rings. The lowest BCUT2D eigenvalue weighted by atomic mass is 9.79. The summed E-state index contributed by atoms with van der Waals surface area (Å²) in [6.07, 6.45) is 0. The maximum atomic E-state index is 11.7. The van der Waals surface area contributed by atoms with Crippen molar-refractivity contribution in [3.63, 3.8) is 0 Å². The van der Waals surface area contributed by atoms with E-state index in [9.17, 15) is 8.42 Å². The standard InChI is InChI=1S/C8H10BNO4S/c1-10-5-6-4-7(9(11)12)2-3-8(6)15(10,13)14/h2-4,11-12H,5H2,1H3. The third kappa shape index (κ3) is 1.57. The minimum atomic E-state index is -3.36. The van der Waals surface area contributed by atoms with Crippen LogP contribution in [0.4, 0.5) is 0 Å². The Hall–Kier alpha value is -0.885. The van der Waals surface area contributed by atoms with Crippen LogP contribution in [0.25, 0.3) is 0 Å². The van der Waals surface area contributed by atoms with Crippen molar-refractivity contribution < 1.29 is 18.5 Å². The normalized spacial score (nSPS) is 18.9. The fraction of sp³-hybridized carbons (Fsp3) is 0.250. The van der Waals surface area contributed by atoms with Gasteiger partial charge in [-0.1, -0.05) is 12.1 Å². The SMILES string of the molecule is CN1Cc2cc(B(O)O)ccc2S1(=O)=O.